The van der Waals surface area contributed by atoms with Crippen molar-refractivity contribution in [2.45, 2.75) is 6.92 Å². The highest BCUT2D eigenvalue weighted by Gasteiger charge is 2.19. The molecule has 0 atom stereocenters. The standard InChI is InChI=1S/C19H15N3O5/c1-2-27-19(24)14-7-13(9-16(10-14)22(25)26)18(23)21-15-8-12-5-3-4-6-17(12)20-11-15/h3-11H,2H2,1H3,(H,21,23). The van der Waals surface area contributed by atoms with Crippen molar-refractivity contribution in [2.24, 2.45) is 0 Å². The number of nitrogens with one attached hydrogen (secondary N) is 1. The van der Waals surface area contributed by atoms with Crippen LogP contribution in [0.4, 0.5) is 11.4 Å². The summed E-state index contributed by atoms with van der Waals surface area (Å²) in [6.45, 7) is 1.74. The maximum Gasteiger partial charge on any atom is 0.338 e. The lowest BCUT2D eigenvalue weighted by molar-refractivity contribution is -0.384. The molecule has 0 aliphatic heterocycles. The number of pyridine rings is 1. The zero-order chi connectivity index (χ0) is 19.4. The molecule has 8 nitrogen and oxygen atoms in total. The first-order valence-electron chi connectivity index (χ1n) is 8.10. The maximum absolute atomic E-state index is 12.5. The number of non-ortho nitro benzene ring substituents is 1. The van der Waals surface area contributed by atoms with E-state index >= 15 is 0 Å². The van der Waals surface area contributed by atoms with E-state index in [0.29, 0.717) is 5.69 Å². The van der Waals surface area contributed by atoms with E-state index in [9.17, 15) is 19.7 Å². The number of nitro groups is 1. The van der Waals surface area contributed by atoms with Crippen LogP contribution in [0.5, 0.6) is 0 Å². The largest absolute Gasteiger partial charge is 0.462 e. The molecule has 0 aliphatic carbocycles. The molecule has 0 spiro atoms. The maximum atomic E-state index is 12.5. The van der Waals surface area contributed by atoms with Crippen LogP contribution in [-0.2, 0) is 4.74 Å². The number of nitrogens with zero attached hydrogens (tertiary/aromatic N) is 2. The van der Waals surface area contributed by atoms with Gasteiger partial charge in [-0.2, -0.15) is 0 Å². The summed E-state index contributed by atoms with van der Waals surface area (Å²) in [6, 6.07) is 12.6. The van der Waals surface area contributed by atoms with Gasteiger partial charge in [-0.1, -0.05) is 18.2 Å². The fourth-order valence-electron chi connectivity index (χ4n) is 2.52. The van der Waals surface area contributed by atoms with E-state index in [4.69, 9.17) is 4.74 Å². The third kappa shape index (κ3) is 4.06. The first-order valence-corrected chi connectivity index (χ1v) is 8.10. The molecule has 3 rings (SSSR count). The molecule has 8 heteroatoms. The normalized spacial score (nSPS) is 10.4. The number of esters is 1. The molecule has 0 saturated carbocycles. The Balaban J connectivity index is 1.92. The minimum atomic E-state index is -0.734. The molecule has 0 unspecified atom stereocenters. The number of hydrogen-bond donors (Lipinski definition) is 1. The third-order valence-electron chi connectivity index (χ3n) is 3.75. The van der Waals surface area contributed by atoms with Gasteiger partial charge in [-0.15, -0.1) is 0 Å². The van der Waals surface area contributed by atoms with Gasteiger partial charge in [0.15, 0.2) is 0 Å². The second-order valence-corrected chi connectivity index (χ2v) is 5.62. The predicted octanol–water partition coefficient (Wildman–Crippen LogP) is 3.57. The molecule has 0 bridgehead atoms. The zero-order valence-electron chi connectivity index (χ0n) is 14.3. The molecule has 0 radical (unpaired) electrons. The van der Waals surface area contributed by atoms with Crippen molar-refractivity contribution in [3.63, 3.8) is 0 Å². The van der Waals surface area contributed by atoms with Gasteiger partial charge in [-0.3, -0.25) is 19.9 Å². The molecule has 1 heterocycles. The molecule has 1 N–H and O–H groups in total. The quantitative estimate of drug-likeness (QED) is 0.420. The Kier molecular flexibility index (Phi) is 5.07. The van der Waals surface area contributed by atoms with E-state index in [1.807, 2.05) is 24.3 Å². The Labute approximate surface area is 153 Å². The molecule has 1 amide bonds. The number of anilines is 1. The Bertz CT molecular complexity index is 1050. The fourth-order valence-corrected chi connectivity index (χ4v) is 2.52. The number of rotatable bonds is 5. The Morgan fingerprint density at radius 2 is 1.89 bits per heavy atom. The second kappa shape index (κ2) is 7.61. The first-order chi connectivity index (χ1) is 13.0. The highest BCUT2D eigenvalue weighted by atomic mass is 16.6. The smallest absolute Gasteiger partial charge is 0.338 e. The van der Waals surface area contributed by atoms with Gasteiger partial charge >= 0.3 is 5.97 Å². The molecule has 136 valence electrons. The van der Waals surface area contributed by atoms with Gasteiger partial charge < -0.3 is 10.1 Å². The number of nitro benzene ring substituents is 1. The first kappa shape index (κ1) is 18.0. The summed E-state index contributed by atoms with van der Waals surface area (Å²) >= 11 is 0. The lowest BCUT2D eigenvalue weighted by Gasteiger charge is -2.08. The fraction of sp³-hybridized carbons (Fsp3) is 0.105. The summed E-state index contributed by atoms with van der Waals surface area (Å²) in [5.74, 6) is -1.33. The van der Waals surface area contributed by atoms with Gasteiger partial charge in [0, 0.05) is 23.1 Å². The van der Waals surface area contributed by atoms with E-state index < -0.39 is 16.8 Å². The van der Waals surface area contributed by atoms with Crippen molar-refractivity contribution in [1.29, 1.82) is 0 Å². The summed E-state index contributed by atoms with van der Waals surface area (Å²) in [7, 11) is 0. The van der Waals surface area contributed by atoms with E-state index in [0.717, 1.165) is 23.0 Å². The number of fused-ring (bicyclic) bond motifs is 1. The average Bonchev–Trinajstić information content (AvgIpc) is 2.67. The van der Waals surface area contributed by atoms with Crippen molar-refractivity contribution in [1.82, 2.24) is 4.98 Å². The van der Waals surface area contributed by atoms with Gasteiger partial charge in [-0.05, 0) is 25.1 Å². The number of aromatic nitrogens is 1. The number of carbonyl (C=O) groups is 2. The van der Waals surface area contributed by atoms with Crippen molar-refractivity contribution < 1.29 is 19.2 Å². The second-order valence-electron chi connectivity index (χ2n) is 5.62. The van der Waals surface area contributed by atoms with Gasteiger partial charge in [0.05, 0.1) is 34.5 Å². The summed E-state index contributed by atoms with van der Waals surface area (Å²) in [5.41, 5.74) is 0.744. The average molecular weight is 365 g/mol. The SMILES string of the molecule is CCOC(=O)c1cc(C(=O)Nc2cnc3ccccc3c2)cc([N+](=O)[O-])c1. The number of carbonyl (C=O) groups excluding carboxylic acids is 2. The van der Waals surface area contributed by atoms with Crippen LogP contribution in [0.1, 0.15) is 27.6 Å². The van der Waals surface area contributed by atoms with Gasteiger partial charge in [-0.25, -0.2) is 4.79 Å². The van der Waals surface area contributed by atoms with Crippen molar-refractivity contribution in [3.8, 4) is 0 Å². The van der Waals surface area contributed by atoms with Crippen molar-refractivity contribution in [2.75, 3.05) is 11.9 Å². The van der Waals surface area contributed by atoms with Crippen LogP contribution in [0.25, 0.3) is 10.9 Å². The van der Waals surface area contributed by atoms with Crippen LogP contribution in [-0.4, -0.2) is 28.4 Å². The monoisotopic (exact) mass is 365 g/mol. The molecule has 0 fully saturated rings. The van der Waals surface area contributed by atoms with Crippen molar-refractivity contribution in [3.05, 3.63) is 76.0 Å². The predicted molar refractivity (Wildman–Crippen MR) is 98.7 cm³/mol. The summed E-state index contributed by atoms with van der Waals surface area (Å²) in [6.07, 6.45) is 1.49. The molecule has 3 aromatic rings. The lowest BCUT2D eigenvalue weighted by atomic mass is 10.1. The van der Waals surface area contributed by atoms with E-state index in [1.54, 1.807) is 13.0 Å². The molecule has 1 aromatic heterocycles. The highest BCUT2D eigenvalue weighted by molar-refractivity contribution is 6.06. The van der Waals surface area contributed by atoms with Crippen LogP contribution < -0.4 is 5.32 Å². The number of ether oxygens (including phenoxy) is 1. The van der Waals surface area contributed by atoms with E-state index in [1.165, 1.54) is 12.3 Å². The Morgan fingerprint density at radius 1 is 1.15 bits per heavy atom. The van der Waals surface area contributed by atoms with Gasteiger partial charge in [0.25, 0.3) is 11.6 Å². The molecular formula is C19H15N3O5. The summed E-state index contributed by atoms with van der Waals surface area (Å²) in [4.78, 5) is 39.2. The molecular weight excluding hydrogens is 350 g/mol. The van der Waals surface area contributed by atoms with Crippen LogP contribution in [0.3, 0.4) is 0 Å². The van der Waals surface area contributed by atoms with Gasteiger partial charge in [0.2, 0.25) is 0 Å². The van der Waals surface area contributed by atoms with E-state index in [-0.39, 0.29) is 23.4 Å². The summed E-state index contributed by atoms with van der Waals surface area (Å²) < 4.78 is 4.86. The van der Waals surface area contributed by atoms with Crippen LogP contribution >= 0.6 is 0 Å². The van der Waals surface area contributed by atoms with Gasteiger partial charge in [0.1, 0.15) is 0 Å². The lowest BCUT2D eigenvalue weighted by Crippen LogP contribution is -2.14. The highest BCUT2D eigenvalue weighted by Crippen LogP contribution is 2.21. The molecule has 27 heavy (non-hydrogen) atoms. The van der Waals surface area contributed by atoms with E-state index in [2.05, 4.69) is 10.3 Å². The van der Waals surface area contributed by atoms with Crippen LogP contribution in [0.2, 0.25) is 0 Å². The number of hydrogen-bond acceptors (Lipinski definition) is 6. The number of amides is 1. The number of para-hydroxylation sites is 1. The topological polar surface area (TPSA) is 111 Å². The molecule has 2 aromatic carbocycles. The van der Waals surface area contributed by atoms with Crippen molar-refractivity contribution >= 4 is 34.2 Å². The van der Waals surface area contributed by atoms with Crippen LogP contribution in [0.15, 0.2) is 54.7 Å². The number of benzene rings is 2. The molecule has 0 aliphatic rings. The minimum Gasteiger partial charge on any atom is -0.462 e. The zero-order valence-corrected chi connectivity index (χ0v) is 14.3. The summed E-state index contributed by atoms with van der Waals surface area (Å²) in [5, 5.41) is 14.6. The Morgan fingerprint density at radius 3 is 2.63 bits per heavy atom. The van der Waals surface area contributed by atoms with Crippen LogP contribution in [0, 0.1) is 10.1 Å². The third-order valence-corrected chi connectivity index (χ3v) is 3.75. The minimum absolute atomic E-state index is 0.0274. The Hall–Kier alpha value is -3.81. The molecule has 0 saturated heterocycles.